The fourth-order valence-corrected chi connectivity index (χ4v) is 2.18. The summed E-state index contributed by atoms with van der Waals surface area (Å²) in [5.41, 5.74) is 1.85. The molecule has 0 saturated carbocycles. The number of aryl methyl sites for hydroxylation is 1. The summed E-state index contributed by atoms with van der Waals surface area (Å²) in [7, 11) is 1.80. The number of rotatable bonds is 3. The molecule has 0 aliphatic heterocycles. The van der Waals surface area contributed by atoms with Crippen LogP contribution in [0.1, 0.15) is 23.2 Å². The van der Waals surface area contributed by atoms with Crippen LogP contribution in [0.2, 0.25) is 0 Å². The van der Waals surface area contributed by atoms with Gasteiger partial charge in [0.25, 0.3) is 0 Å². The van der Waals surface area contributed by atoms with Crippen molar-refractivity contribution in [2.45, 2.75) is 13.0 Å². The number of furan rings is 1. The summed E-state index contributed by atoms with van der Waals surface area (Å²) in [5, 5.41) is 3.85. The standard InChI is InChI=1S/C15H14FN3O/c1-9-7-19-12(8-18-9)14(17-2)13-6-10-4-3-5-11(16)15(10)20-13/h3-8,14,17H,1-2H3. The zero-order valence-corrected chi connectivity index (χ0v) is 11.2. The Balaban J connectivity index is 2.07. The van der Waals surface area contributed by atoms with Crippen molar-refractivity contribution in [3.8, 4) is 0 Å². The minimum Gasteiger partial charge on any atom is -0.456 e. The molecule has 20 heavy (non-hydrogen) atoms. The van der Waals surface area contributed by atoms with E-state index in [9.17, 15) is 4.39 Å². The normalized spacial score (nSPS) is 12.8. The summed E-state index contributed by atoms with van der Waals surface area (Å²) in [4.78, 5) is 8.57. The highest BCUT2D eigenvalue weighted by molar-refractivity contribution is 5.78. The molecule has 0 radical (unpaired) electrons. The summed E-state index contributed by atoms with van der Waals surface area (Å²) in [6.07, 6.45) is 3.39. The Morgan fingerprint density at radius 2 is 2.10 bits per heavy atom. The van der Waals surface area contributed by atoms with Gasteiger partial charge in [-0.25, -0.2) is 4.39 Å². The van der Waals surface area contributed by atoms with E-state index in [4.69, 9.17) is 4.42 Å². The van der Waals surface area contributed by atoms with E-state index >= 15 is 0 Å². The predicted octanol–water partition coefficient (Wildman–Crippen LogP) is 2.98. The van der Waals surface area contributed by atoms with Gasteiger partial charge in [0.05, 0.1) is 17.6 Å². The molecule has 1 unspecified atom stereocenters. The van der Waals surface area contributed by atoms with Gasteiger partial charge in [0.1, 0.15) is 11.8 Å². The van der Waals surface area contributed by atoms with Gasteiger partial charge in [0, 0.05) is 11.6 Å². The lowest BCUT2D eigenvalue weighted by molar-refractivity contribution is 0.471. The minimum atomic E-state index is -0.362. The van der Waals surface area contributed by atoms with Crippen LogP contribution in [0.3, 0.4) is 0 Å². The first-order chi connectivity index (χ1) is 9.69. The quantitative estimate of drug-likeness (QED) is 0.795. The van der Waals surface area contributed by atoms with Gasteiger partial charge < -0.3 is 9.73 Å². The van der Waals surface area contributed by atoms with Crippen molar-refractivity contribution < 1.29 is 8.81 Å². The fourth-order valence-electron chi connectivity index (χ4n) is 2.18. The SMILES string of the molecule is CNC(c1cnc(C)cn1)c1cc2cccc(F)c2o1. The van der Waals surface area contributed by atoms with Crippen molar-refractivity contribution in [3.63, 3.8) is 0 Å². The molecule has 0 spiro atoms. The van der Waals surface area contributed by atoms with Crippen LogP contribution in [0.4, 0.5) is 4.39 Å². The summed E-state index contributed by atoms with van der Waals surface area (Å²) in [6.45, 7) is 1.88. The number of nitrogens with one attached hydrogen (secondary N) is 1. The van der Waals surface area contributed by atoms with E-state index in [1.165, 1.54) is 6.07 Å². The molecule has 2 heterocycles. The van der Waals surface area contributed by atoms with E-state index in [0.717, 1.165) is 16.8 Å². The van der Waals surface area contributed by atoms with Gasteiger partial charge in [0.15, 0.2) is 11.4 Å². The Hall–Kier alpha value is -2.27. The molecule has 0 aliphatic carbocycles. The molecular formula is C15H14FN3O. The van der Waals surface area contributed by atoms with Crippen LogP contribution in [0.15, 0.2) is 41.1 Å². The highest BCUT2D eigenvalue weighted by Gasteiger charge is 2.19. The number of para-hydroxylation sites is 1. The maximum atomic E-state index is 13.7. The zero-order valence-electron chi connectivity index (χ0n) is 11.2. The van der Waals surface area contributed by atoms with Crippen LogP contribution >= 0.6 is 0 Å². The molecule has 0 amide bonds. The molecule has 4 nitrogen and oxygen atoms in total. The van der Waals surface area contributed by atoms with Gasteiger partial charge in [-0.3, -0.25) is 9.97 Å². The molecule has 3 rings (SSSR count). The third-order valence-corrected chi connectivity index (χ3v) is 3.18. The third-order valence-electron chi connectivity index (χ3n) is 3.18. The molecule has 0 saturated heterocycles. The second-order valence-corrected chi connectivity index (χ2v) is 4.61. The number of nitrogens with zero attached hydrogens (tertiary/aromatic N) is 2. The first kappa shape index (κ1) is 12.7. The first-order valence-electron chi connectivity index (χ1n) is 6.33. The van der Waals surface area contributed by atoms with Crippen LogP contribution in [0.5, 0.6) is 0 Å². The molecule has 0 fully saturated rings. The molecule has 0 bridgehead atoms. The molecule has 1 atom stereocenters. The van der Waals surface area contributed by atoms with Gasteiger partial charge >= 0.3 is 0 Å². The Bertz CT molecular complexity index is 736. The average molecular weight is 271 g/mol. The Labute approximate surface area is 115 Å². The molecule has 3 aromatic rings. The highest BCUT2D eigenvalue weighted by Crippen LogP contribution is 2.28. The summed E-state index contributed by atoms with van der Waals surface area (Å²) < 4.78 is 19.3. The largest absolute Gasteiger partial charge is 0.456 e. The topological polar surface area (TPSA) is 51.0 Å². The fraction of sp³-hybridized carbons (Fsp3) is 0.200. The van der Waals surface area contributed by atoms with E-state index in [2.05, 4.69) is 15.3 Å². The minimum absolute atomic E-state index is 0.255. The third kappa shape index (κ3) is 2.16. The number of benzene rings is 1. The summed E-state index contributed by atoms with van der Waals surface area (Å²) in [6, 6.07) is 6.43. The maximum absolute atomic E-state index is 13.7. The molecule has 1 aromatic carbocycles. The zero-order chi connectivity index (χ0) is 14.1. The van der Waals surface area contributed by atoms with Crippen molar-refractivity contribution in [2.24, 2.45) is 0 Å². The lowest BCUT2D eigenvalue weighted by Crippen LogP contribution is -2.18. The summed E-state index contributed by atoms with van der Waals surface area (Å²) in [5.74, 6) is 0.254. The van der Waals surface area contributed by atoms with E-state index in [1.807, 2.05) is 19.1 Å². The van der Waals surface area contributed by atoms with Gasteiger partial charge in [-0.1, -0.05) is 12.1 Å². The number of halogens is 1. The lowest BCUT2D eigenvalue weighted by Gasteiger charge is -2.12. The van der Waals surface area contributed by atoms with E-state index < -0.39 is 0 Å². The van der Waals surface area contributed by atoms with Crippen molar-refractivity contribution in [1.29, 1.82) is 0 Å². The number of aromatic nitrogens is 2. The van der Waals surface area contributed by atoms with E-state index in [1.54, 1.807) is 25.5 Å². The Kier molecular flexibility index (Phi) is 3.20. The Morgan fingerprint density at radius 3 is 2.75 bits per heavy atom. The predicted molar refractivity (Wildman–Crippen MR) is 73.8 cm³/mol. The maximum Gasteiger partial charge on any atom is 0.169 e. The molecule has 1 N–H and O–H groups in total. The number of hydrogen-bond donors (Lipinski definition) is 1. The van der Waals surface area contributed by atoms with E-state index in [0.29, 0.717) is 5.76 Å². The van der Waals surface area contributed by atoms with Crippen LogP contribution in [0, 0.1) is 12.7 Å². The van der Waals surface area contributed by atoms with Crippen molar-refractivity contribution >= 4 is 11.0 Å². The van der Waals surface area contributed by atoms with Crippen LogP contribution in [-0.4, -0.2) is 17.0 Å². The van der Waals surface area contributed by atoms with Gasteiger partial charge in [-0.15, -0.1) is 0 Å². The molecule has 0 aliphatic rings. The van der Waals surface area contributed by atoms with Gasteiger partial charge in [-0.2, -0.15) is 0 Å². The molecule has 5 heteroatoms. The van der Waals surface area contributed by atoms with Crippen LogP contribution in [-0.2, 0) is 0 Å². The average Bonchev–Trinajstić information content (AvgIpc) is 2.87. The van der Waals surface area contributed by atoms with Gasteiger partial charge in [0.2, 0.25) is 0 Å². The lowest BCUT2D eigenvalue weighted by atomic mass is 10.1. The van der Waals surface area contributed by atoms with E-state index in [-0.39, 0.29) is 17.4 Å². The Morgan fingerprint density at radius 1 is 1.25 bits per heavy atom. The molecule has 2 aromatic heterocycles. The van der Waals surface area contributed by atoms with Crippen LogP contribution < -0.4 is 5.32 Å². The molecule has 102 valence electrons. The first-order valence-corrected chi connectivity index (χ1v) is 6.33. The second kappa shape index (κ2) is 5.02. The van der Waals surface area contributed by atoms with Crippen molar-refractivity contribution in [3.05, 3.63) is 59.6 Å². The molecular weight excluding hydrogens is 257 g/mol. The highest BCUT2D eigenvalue weighted by atomic mass is 19.1. The summed E-state index contributed by atoms with van der Waals surface area (Å²) >= 11 is 0. The second-order valence-electron chi connectivity index (χ2n) is 4.61. The number of fused-ring (bicyclic) bond motifs is 1. The monoisotopic (exact) mass is 271 g/mol. The van der Waals surface area contributed by atoms with Crippen molar-refractivity contribution in [1.82, 2.24) is 15.3 Å². The smallest absolute Gasteiger partial charge is 0.169 e. The van der Waals surface area contributed by atoms with Crippen molar-refractivity contribution in [2.75, 3.05) is 7.05 Å². The number of hydrogen-bond acceptors (Lipinski definition) is 4. The van der Waals surface area contributed by atoms with Crippen LogP contribution in [0.25, 0.3) is 11.0 Å². The van der Waals surface area contributed by atoms with Gasteiger partial charge in [-0.05, 0) is 26.1 Å².